The van der Waals surface area contributed by atoms with Gasteiger partial charge >= 0.3 is 0 Å². The van der Waals surface area contributed by atoms with Crippen LogP contribution in [0.15, 0.2) is 53.3 Å². The van der Waals surface area contributed by atoms with Gasteiger partial charge in [0.15, 0.2) is 0 Å². The predicted molar refractivity (Wildman–Crippen MR) is 101 cm³/mol. The van der Waals surface area contributed by atoms with Crippen molar-refractivity contribution >= 4 is 11.6 Å². The van der Waals surface area contributed by atoms with Crippen LogP contribution in [0.3, 0.4) is 0 Å². The summed E-state index contributed by atoms with van der Waals surface area (Å²) in [6, 6.07) is 15.3. The molecule has 0 bridgehead atoms. The average molecular weight is 355 g/mol. The van der Waals surface area contributed by atoms with Gasteiger partial charge in [-0.05, 0) is 31.5 Å². The van der Waals surface area contributed by atoms with E-state index in [0.717, 1.165) is 22.4 Å². The van der Waals surface area contributed by atoms with Gasteiger partial charge in [0.1, 0.15) is 16.6 Å². The molecule has 0 aliphatic rings. The summed E-state index contributed by atoms with van der Waals surface area (Å²) in [5.74, 6) is 0.779. The highest BCUT2D eigenvalue weighted by atomic mass is 35.5. The van der Waals surface area contributed by atoms with Gasteiger partial charge in [0.25, 0.3) is 5.56 Å². The van der Waals surface area contributed by atoms with Crippen molar-refractivity contribution < 1.29 is 4.74 Å². The summed E-state index contributed by atoms with van der Waals surface area (Å²) in [7, 11) is 1.63. The van der Waals surface area contributed by atoms with E-state index in [1.165, 1.54) is 0 Å². The van der Waals surface area contributed by atoms with Crippen LogP contribution < -0.4 is 10.3 Å². The lowest BCUT2D eigenvalue weighted by Gasteiger charge is -2.14. The van der Waals surface area contributed by atoms with Crippen molar-refractivity contribution in [2.45, 2.75) is 20.4 Å². The number of hydrogen-bond acceptors (Lipinski definition) is 3. The van der Waals surface area contributed by atoms with Crippen LogP contribution in [-0.4, -0.2) is 16.7 Å². The van der Waals surface area contributed by atoms with Crippen molar-refractivity contribution in [2.75, 3.05) is 7.11 Å². The molecule has 0 saturated carbocycles. The van der Waals surface area contributed by atoms with E-state index in [2.05, 4.69) is 4.98 Å². The van der Waals surface area contributed by atoms with E-state index in [0.29, 0.717) is 23.1 Å². The van der Waals surface area contributed by atoms with Crippen LogP contribution in [0, 0.1) is 13.8 Å². The maximum Gasteiger partial charge on any atom is 0.277 e. The largest absolute Gasteiger partial charge is 0.497 e. The Hall–Kier alpha value is -2.59. The highest BCUT2D eigenvalue weighted by Gasteiger charge is 2.14. The number of benzene rings is 2. The first-order chi connectivity index (χ1) is 12.0. The Balaban J connectivity index is 2.06. The van der Waals surface area contributed by atoms with E-state index in [1.807, 2.05) is 55.5 Å². The van der Waals surface area contributed by atoms with Gasteiger partial charge in [-0.25, -0.2) is 4.98 Å². The maximum atomic E-state index is 13.0. The predicted octanol–water partition coefficient (Wildman–Crippen LogP) is 4.24. The van der Waals surface area contributed by atoms with Crippen molar-refractivity contribution in [2.24, 2.45) is 0 Å². The molecule has 0 fully saturated rings. The lowest BCUT2D eigenvalue weighted by molar-refractivity contribution is 0.414. The maximum absolute atomic E-state index is 13.0. The summed E-state index contributed by atoms with van der Waals surface area (Å²) >= 11 is 6.30. The third-order valence-electron chi connectivity index (χ3n) is 4.19. The first kappa shape index (κ1) is 17.2. The topological polar surface area (TPSA) is 44.1 Å². The summed E-state index contributed by atoms with van der Waals surface area (Å²) in [5.41, 5.74) is 3.74. The van der Waals surface area contributed by atoms with Gasteiger partial charge in [-0.2, -0.15) is 0 Å². The first-order valence-corrected chi connectivity index (χ1v) is 8.34. The molecule has 3 aromatic rings. The number of hydrogen-bond donors (Lipinski definition) is 0. The van der Waals surface area contributed by atoms with Crippen LogP contribution in [0.1, 0.15) is 16.8 Å². The Kier molecular flexibility index (Phi) is 4.91. The number of aryl methyl sites for hydroxylation is 1. The Bertz CT molecular complexity index is 945. The van der Waals surface area contributed by atoms with Gasteiger partial charge in [-0.1, -0.05) is 53.6 Å². The normalized spacial score (nSPS) is 10.7. The minimum absolute atomic E-state index is 0.151. The number of halogens is 1. The van der Waals surface area contributed by atoms with Crippen LogP contribution >= 0.6 is 11.6 Å². The van der Waals surface area contributed by atoms with Crippen molar-refractivity contribution in [3.05, 3.63) is 80.9 Å². The van der Waals surface area contributed by atoms with Crippen LogP contribution in [0.5, 0.6) is 5.75 Å². The molecule has 0 amide bonds. The Morgan fingerprint density at radius 2 is 1.68 bits per heavy atom. The molecule has 1 aromatic heterocycles. The zero-order valence-electron chi connectivity index (χ0n) is 14.4. The fourth-order valence-corrected chi connectivity index (χ4v) is 2.81. The molecule has 1 heterocycles. The van der Waals surface area contributed by atoms with Crippen LogP contribution in [-0.2, 0) is 6.54 Å². The van der Waals surface area contributed by atoms with E-state index >= 15 is 0 Å². The lowest BCUT2D eigenvalue weighted by atomic mass is 10.1. The summed E-state index contributed by atoms with van der Waals surface area (Å²) in [5, 5.41) is 0.337. The van der Waals surface area contributed by atoms with Crippen LogP contribution in [0.25, 0.3) is 11.3 Å². The molecule has 0 unspecified atom stereocenters. The van der Waals surface area contributed by atoms with E-state index in [-0.39, 0.29) is 5.56 Å². The lowest BCUT2D eigenvalue weighted by Crippen LogP contribution is -2.26. The van der Waals surface area contributed by atoms with Gasteiger partial charge in [0.05, 0.1) is 19.3 Å². The third-order valence-corrected chi connectivity index (χ3v) is 4.54. The Morgan fingerprint density at radius 1 is 1.04 bits per heavy atom. The fraction of sp³-hybridized carbons (Fsp3) is 0.200. The summed E-state index contributed by atoms with van der Waals surface area (Å²) in [4.78, 5) is 17.3. The molecule has 0 radical (unpaired) electrons. The molecule has 5 heteroatoms. The van der Waals surface area contributed by atoms with E-state index < -0.39 is 0 Å². The monoisotopic (exact) mass is 354 g/mol. The Morgan fingerprint density at radius 3 is 2.28 bits per heavy atom. The quantitative estimate of drug-likeness (QED) is 0.704. The van der Waals surface area contributed by atoms with Crippen LogP contribution in [0.2, 0.25) is 5.15 Å². The molecule has 128 valence electrons. The summed E-state index contributed by atoms with van der Waals surface area (Å²) in [6.07, 6.45) is 0. The number of rotatable bonds is 4. The smallest absolute Gasteiger partial charge is 0.277 e. The fourth-order valence-electron chi connectivity index (χ4n) is 2.62. The molecule has 2 aromatic carbocycles. The van der Waals surface area contributed by atoms with E-state index in [4.69, 9.17) is 16.3 Å². The molecule has 25 heavy (non-hydrogen) atoms. The minimum Gasteiger partial charge on any atom is -0.497 e. The number of aromatic nitrogens is 2. The third kappa shape index (κ3) is 3.59. The van der Waals surface area contributed by atoms with Crippen molar-refractivity contribution in [3.63, 3.8) is 0 Å². The number of nitrogens with zero attached hydrogens (tertiary/aromatic N) is 2. The molecular weight excluding hydrogens is 336 g/mol. The van der Waals surface area contributed by atoms with Gasteiger partial charge < -0.3 is 9.30 Å². The average Bonchev–Trinajstić information content (AvgIpc) is 2.63. The second kappa shape index (κ2) is 7.11. The highest BCUT2D eigenvalue weighted by Crippen LogP contribution is 2.20. The van der Waals surface area contributed by atoms with Gasteiger partial charge in [0.2, 0.25) is 0 Å². The van der Waals surface area contributed by atoms with Gasteiger partial charge in [-0.15, -0.1) is 0 Å². The highest BCUT2D eigenvalue weighted by molar-refractivity contribution is 6.30. The molecule has 0 atom stereocenters. The zero-order valence-corrected chi connectivity index (χ0v) is 15.2. The van der Waals surface area contributed by atoms with Gasteiger partial charge in [-0.3, -0.25) is 4.79 Å². The molecular formula is C20H19ClN2O2. The van der Waals surface area contributed by atoms with Crippen molar-refractivity contribution in [1.29, 1.82) is 0 Å². The standard InChI is InChI=1S/C20H19ClN2O2/c1-13-4-8-16(9-5-13)18-20(24)23(14(2)19(21)22-18)12-15-6-10-17(25-3)11-7-15/h4-11H,12H2,1-3H3. The second-order valence-corrected chi connectivity index (χ2v) is 6.30. The molecule has 0 aliphatic carbocycles. The molecule has 0 N–H and O–H groups in total. The molecule has 4 nitrogen and oxygen atoms in total. The van der Waals surface area contributed by atoms with Crippen LogP contribution in [0.4, 0.5) is 0 Å². The number of ether oxygens (including phenoxy) is 1. The second-order valence-electron chi connectivity index (χ2n) is 5.94. The van der Waals surface area contributed by atoms with Crippen molar-refractivity contribution in [3.8, 4) is 17.0 Å². The molecule has 0 spiro atoms. The van der Waals surface area contributed by atoms with Crippen molar-refractivity contribution in [1.82, 2.24) is 9.55 Å². The van der Waals surface area contributed by atoms with E-state index in [9.17, 15) is 4.79 Å². The Labute approximate surface area is 151 Å². The SMILES string of the molecule is COc1ccc(Cn2c(C)c(Cl)nc(-c3ccc(C)cc3)c2=O)cc1. The molecule has 0 aliphatic heterocycles. The minimum atomic E-state index is -0.151. The van der Waals surface area contributed by atoms with E-state index in [1.54, 1.807) is 18.6 Å². The zero-order chi connectivity index (χ0) is 18.0. The summed E-state index contributed by atoms with van der Waals surface area (Å²) < 4.78 is 6.83. The molecule has 0 saturated heterocycles. The number of methoxy groups -OCH3 is 1. The summed E-state index contributed by atoms with van der Waals surface area (Å²) in [6.45, 7) is 4.23. The van der Waals surface area contributed by atoms with Gasteiger partial charge in [0, 0.05) is 5.56 Å². The first-order valence-electron chi connectivity index (χ1n) is 7.96. The molecule has 3 rings (SSSR count).